The molecule has 4 aromatic rings. The molecular weight excluding hydrogens is 488 g/mol. The summed E-state index contributed by atoms with van der Waals surface area (Å²) in [6.45, 7) is 4.31. The fourth-order valence-corrected chi connectivity index (χ4v) is 6.01. The first kappa shape index (κ1) is 24.9. The van der Waals surface area contributed by atoms with Crippen molar-refractivity contribution in [2.45, 2.75) is 44.8 Å². The zero-order valence-corrected chi connectivity index (χ0v) is 22.1. The summed E-state index contributed by atoms with van der Waals surface area (Å²) in [5.41, 5.74) is 5.64. The minimum Gasteiger partial charge on any atom is -0.356 e. The fourth-order valence-electron chi connectivity index (χ4n) is 6.01. The van der Waals surface area contributed by atoms with E-state index in [-0.39, 0.29) is 29.7 Å². The maximum absolute atomic E-state index is 13.9. The Balaban J connectivity index is 1.27. The van der Waals surface area contributed by atoms with Gasteiger partial charge in [0, 0.05) is 35.1 Å². The van der Waals surface area contributed by atoms with Gasteiger partial charge in [-0.3, -0.25) is 14.4 Å². The van der Waals surface area contributed by atoms with Gasteiger partial charge in [0.2, 0.25) is 11.8 Å². The largest absolute Gasteiger partial charge is 0.356 e. The van der Waals surface area contributed by atoms with Crippen LogP contribution in [0, 0.1) is 5.92 Å². The van der Waals surface area contributed by atoms with Crippen molar-refractivity contribution in [2.24, 2.45) is 5.92 Å². The first-order valence-corrected chi connectivity index (χ1v) is 13.6. The first-order valence-electron chi connectivity index (χ1n) is 13.6. The van der Waals surface area contributed by atoms with Crippen molar-refractivity contribution in [1.29, 1.82) is 0 Å². The Morgan fingerprint density at radius 1 is 0.974 bits per heavy atom. The molecule has 3 N–H and O–H groups in total. The molecule has 0 fully saturated rings. The van der Waals surface area contributed by atoms with E-state index in [1.54, 1.807) is 4.90 Å². The zero-order chi connectivity index (χ0) is 27.1. The lowest BCUT2D eigenvalue weighted by Crippen LogP contribution is -2.57. The van der Waals surface area contributed by atoms with Crippen molar-refractivity contribution in [3.63, 3.8) is 0 Å². The van der Waals surface area contributed by atoms with E-state index >= 15 is 0 Å². The molecule has 2 aliphatic heterocycles. The number of carbonyl (C=O) groups is 3. The summed E-state index contributed by atoms with van der Waals surface area (Å²) in [6.07, 6.45) is 1.08. The number of para-hydroxylation sites is 1. The van der Waals surface area contributed by atoms with Gasteiger partial charge in [-0.15, -0.1) is 0 Å². The molecule has 3 heterocycles. The number of amides is 3. The number of nitrogens with zero attached hydrogens (tertiary/aromatic N) is 1. The van der Waals surface area contributed by atoms with Gasteiger partial charge in [-0.05, 0) is 41.2 Å². The molecule has 1 aromatic heterocycles. The Morgan fingerprint density at radius 2 is 1.69 bits per heavy atom. The average Bonchev–Trinajstić information content (AvgIpc) is 3.47. The predicted octanol–water partition coefficient (Wildman–Crippen LogP) is 4.14. The lowest BCUT2D eigenvalue weighted by atomic mass is 9.89. The number of rotatable bonds is 7. The maximum atomic E-state index is 13.9. The lowest BCUT2D eigenvalue weighted by molar-refractivity contribution is -0.132. The number of benzene rings is 3. The zero-order valence-electron chi connectivity index (χ0n) is 22.1. The lowest BCUT2D eigenvalue weighted by Gasteiger charge is -2.38. The smallest absolute Gasteiger partial charge is 0.255 e. The Bertz CT molecular complexity index is 1560. The molecule has 2 aliphatic rings. The number of hydrogen-bond acceptors (Lipinski definition) is 3. The molecule has 7 nitrogen and oxygen atoms in total. The van der Waals surface area contributed by atoms with Crippen LogP contribution in [0.2, 0.25) is 0 Å². The molecule has 0 spiro atoms. The van der Waals surface area contributed by atoms with Gasteiger partial charge in [-0.2, -0.15) is 0 Å². The summed E-state index contributed by atoms with van der Waals surface area (Å²) in [4.78, 5) is 46.0. The summed E-state index contributed by atoms with van der Waals surface area (Å²) >= 11 is 0. The van der Waals surface area contributed by atoms with Gasteiger partial charge < -0.3 is 20.5 Å². The maximum Gasteiger partial charge on any atom is 0.255 e. The predicted molar refractivity (Wildman–Crippen MR) is 150 cm³/mol. The van der Waals surface area contributed by atoms with Crippen LogP contribution in [-0.4, -0.2) is 46.2 Å². The molecule has 0 bridgehead atoms. The highest BCUT2D eigenvalue weighted by Gasteiger charge is 2.49. The van der Waals surface area contributed by atoms with Crippen LogP contribution in [0.5, 0.6) is 0 Å². The van der Waals surface area contributed by atoms with Crippen LogP contribution < -0.4 is 10.6 Å². The number of hydrogen-bond donors (Lipinski definition) is 3. The van der Waals surface area contributed by atoms with E-state index in [9.17, 15) is 14.4 Å². The van der Waals surface area contributed by atoms with Crippen molar-refractivity contribution >= 4 is 28.6 Å². The topological polar surface area (TPSA) is 94.3 Å². The summed E-state index contributed by atoms with van der Waals surface area (Å²) < 4.78 is 0. The second-order valence-corrected chi connectivity index (χ2v) is 10.7. The van der Waals surface area contributed by atoms with Gasteiger partial charge in [0.15, 0.2) is 0 Å². The van der Waals surface area contributed by atoms with Crippen LogP contribution in [0.3, 0.4) is 0 Å². The highest BCUT2D eigenvalue weighted by Crippen LogP contribution is 2.46. The molecule has 0 saturated heterocycles. The van der Waals surface area contributed by atoms with Gasteiger partial charge in [0.25, 0.3) is 5.91 Å². The Kier molecular flexibility index (Phi) is 6.43. The Labute approximate surface area is 227 Å². The molecule has 39 heavy (non-hydrogen) atoms. The van der Waals surface area contributed by atoms with E-state index < -0.39 is 12.1 Å². The molecule has 3 atom stereocenters. The minimum absolute atomic E-state index is 0.125. The third kappa shape index (κ3) is 4.38. The number of carbonyl (C=O) groups excluding carboxylic acids is 3. The van der Waals surface area contributed by atoms with Gasteiger partial charge >= 0.3 is 0 Å². The third-order valence-electron chi connectivity index (χ3n) is 7.96. The minimum atomic E-state index is -0.736. The van der Waals surface area contributed by atoms with Crippen molar-refractivity contribution in [3.8, 4) is 0 Å². The fraction of sp³-hybridized carbons (Fsp3) is 0.281. The summed E-state index contributed by atoms with van der Waals surface area (Å²) in [5.74, 6) is -0.812. The van der Waals surface area contributed by atoms with Gasteiger partial charge in [0.05, 0.1) is 6.04 Å². The van der Waals surface area contributed by atoms with Gasteiger partial charge in [-0.25, -0.2) is 0 Å². The van der Waals surface area contributed by atoms with Crippen molar-refractivity contribution < 1.29 is 14.4 Å². The van der Waals surface area contributed by atoms with Crippen LogP contribution in [0.1, 0.15) is 52.6 Å². The summed E-state index contributed by atoms with van der Waals surface area (Å²) in [5, 5.41) is 7.05. The SMILES string of the molecule is CC(C)C(NC(=O)C1Cc2c([nH]c3ccccc23)C2c3ccccc3C(=O)N12)C(=O)NCCc1ccccc1. The third-order valence-corrected chi connectivity index (χ3v) is 7.96. The van der Waals surface area contributed by atoms with E-state index in [1.807, 2.05) is 86.6 Å². The van der Waals surface area contributed by atoms with Crippen LogP contribution >= 0.6 is 0 Å². The van der Waals surface area contributed by atoms with Gasteiger partial charge in [0.1, 0.15) is 12.1 Å². The van der Waals surface area contributed by atoms with Crippen LogP contribution in [0.15, 0.2) is 78.9 Å². The Hall–Kier alpha value is -4.39. The molecule has 0 saturated carbocycles. The molecule has 0 aliphatic carbocycles. The second-order valence-electron chi connectivity index (χ2n) is 10.7. The number of aromatic amines is 1. The number of aromatic nitrogens is 1. The van der Waals surface area contributed by atoms with Crippen molar-refractivity contribution in [1.82, 2.24) is 20.5 Å². The van der Waals surface area contributed by atoms with Crippen molar-refractivity contribution in [2.75, 3.05) is 6.54 Å². The summed E-state index contributed by atoms with van der Waals surface area (Å²) in [6, 6.07) is 23.7. The molecular formula is C32H32N4O3. The van der Waals surface area contributed by atoms with E-state index in [4.69, 9.17) is 0 Å². The number of nitrogens with one attached hydrogen (secondary N) is 3. The highest BCUT2D eigenvalue weighted by molar-refractivity contribution is 6.04. The van der Waals surface area contributed by atoms with E-state index in [0.29, 0.717) is 24.9 Å². The molecule has 7 heteroatoms. The van der Waals surface area contributed by atoms with E-state index in [0.717, 1.165) is 33.3 Å². The van der Waals surface area contributed by atoms with E-state index in [2.05, 4.69) is 21.7 Å². The van der Waals surface area contributed by atoms with E-state index in [1.165, 1.54) is 0 Å². The first-order chi connectivity index (χ1) is 18.9. The monoisotopic (exact) mass is 520 g/mol. The molecule has 3 amide bonds. The van der Waals surface area contributed by atoms with Crippen LogP contribution in [-0.2, 0) is 22.4 Å². The highest BCUT2D eigenvalue weighted by atomic mass is 16.2. The quantitative estimate of drug-likeness (QED) is 0.342. The van der Waals surface area contributed by atoms with Crippen molar-refractivity contribution in [3.05, 3.63) is 107 Å². The average molecular weight is 521 g/mol. The molecule has 0 radical (unpaired) electrons. The van der Waals surface area contributed by atoms with Crippen LogP contribution in [0.4, 0.5) is 0 Å². The summed E-state index contributed by atoms with van der Waals surface area (Å²) in [7, 11) is 0. The normalized spacial score (nSPS) is 18.4. The molecule has 6 rings (SSSR count). The molecule has 3 aromatic carbocycles. The standard InChI is InChI=1S/C32H32N4O3/c1-19(2)27(31(38)33-17-16-20-10-4-3-5-11-20)35-30(37)26-18-24-21-12-8-9-15-25(21)34-28(24)29-22-13-6-7-14-23(22)32(39)36(26)29/h3-15,19,26-27,29,34H,16-18H2,1-2H3,(H,33,38)(H,35,37). The number of H-pyrrole nitrogens is 1. The van der Waals surface area contributed by atoms with Gasteiger partial charge in [-0.1, -0.05) is 80.6 Å². The van der Waals surface area contributed by atoms with Crippen LogP contribution in [0.25, 0.3) is 10.9 Å². The number of fused-ring (bicyclic) bond motifs is 7. The Morgan fingerprint density at radius 3 is 2.49 bits per heavy atom. The molecule has 3 unspecified atom stereocenters. The second kappa shape index (κ2) is 10.1. The molecule has 198 valence electrons.